The molecule has 0 saturated carbocycles. The molecule has 1 fully saturated rings. The maximum absolute atomic E-state index is 13.5. The van der Waals surface area contributed by atoms with Crippen LogP contribution in [0.2, 0.25) is 0 Å². The lowest BCUT2D eigenvalue weighted by Crippen LogP contribution is -2.31. The van der Waals surface area contributed by atoms with Crippen LogP contribution in [0, 0.1) is 12.7 Å². The molecule has 0 spiro atoms. The number of rotatable bonds is 4. The van der Waals surface area contributed by atoms with Gasteiger partial charge in [0.05, 0.1) is 6.10 Å². The van der Waals surface area contributed by atoms with Crippen molar-refractivity contribution in [3.05, 3.63) is 35.1 Å². The Hall–Kier alpha value is -0.970. The Morgan fingerprint density at radius 2 is 2.41 bits per heavy atom. The lowest BCUT2D eigenvalue weighted by molar-refractivity contribution is 0.0945. The normalized spacial score (nSPS) is 21.7. The van der Waals surface area contributed by atoms with Crippen LogP contribution in [0.3, 0.4) is 0 Å². The van der Waals surface area contributed by atoms with Gasteiger partial charge in [-0.1, -0.05) is 12.1 Å². The van der Waals surface area contributed by atoms with Crippen molar-refractivity contribution in [2.75, 3.05) is 6.61 Å². The fourth-order valence-electron chi connectivity index (χ4n) is 2.22. The van der Waals surface area contributed by atoms with Gasteiger partial charge in [-0.3, -0.25) is 11.3 Å². The number of hydrogen-bond donors (Lipinski definition) is 2. The molecule has 0 bridgehead atoms. The molecule has 1 aromatic carbocycles. The second kappa shape index (κ2) is 5.58. The van der Waals surface area contributed by atoms with Crippen LogP contribution in [0.5, 0.6) is 0 Å². The SMILES string of the molecule is Cc1ccc(C(CC2CCCO2)NN)cc1F. The topological polar surface area (TPSA) is 47.3 Å². The van der Waals surface area contributed by atoms with E-state index in [4.69, 9.17) is 10.6 Å². The van der Waals surface area contributed by atoms with Gasteiger partial charge in [-0.2, -0.15) is 0 Å². The third-order valence-electron chi connectivity index (χ3n) is 3.32. The molecule has 3 nitrogen and oxygen atoms in total. The van der Waals surface area contributed by atoms with E-state index in [2.05, 4.69) is 5.43 Å². The van der Waals surface area contributed by atoms with Crippen LogP contribution in [0.15, 0.2) is 18.2 Å². The number of nitrogens with one attached hydrogen (secondary N) is 1. The number of hydrazine groups is 1. The molecule has 0 amide bonds. The van der Waals surface area contributed by atoms with Crippen LogP contribution in [-0.4, -0.2) is 12.7 Å². The summed E-state index contributed by atoms with van der Waals surface area (Å²) in [4.78, 5) is 0. The van der Waals surface area contributed by atoms with E-state index < -0.39 is 0 Å². The highest BCUT2D eigenvalue weighted by Gasteiger charge is 2.21. The van der Waals surface area contributed by atoms with Crippen molar-refractivity contribution in [3.63, 3.8) is 0 Å². The van der Waals surface area contributed by atoms with Crippen LogP contribution in [0.4, 0.5) is 4.39 Å². The predicted molar refractivity (Wildman–Crippen MR) is 64.8 cm³/mol. The van der Waals surface area contributed by atoms with Gasteiger partial charge in [0.25, 0.3) is 0 Å². The van der Waals surface area contributed by atoms with Crippen molar-refractivity contribution in [2.24, 2.45) is 5.84 Å². The lowest BCUT2D eigenvalue weighted by atomic mass is 9.99. The van der Waals surface area contributed by atoms with Gasteiger partial charge in [-0.25, -0.2) is 4.39 Å². The van der Waals surface area contributed by atoms with Crippen LogP contribution in [-0.2, 0) is 4.74 Å². The third-order valence-corrected chi connectivity index (χ3v) is 3.32. The van der Waals surface area contributed by atoms with Gasteiger partial charge in [0, 0.05) is 12.6 Å². The van der Waals surface area contributed by atoms with Crippen LogP contribution in [0.1, 0.15) is 36.4 Å². The summed E-state index contributed by atoms with van der Waals surface area (Å²) in [6, 6.07) is 5.20. The molecule has 1 heterocycles. The van der Waals surface area contributed by atoms with Gasteiger partial charge in [0.15, 0.2) is 0 Å². The molecule has 2 atom stereocenters. The summed E-state index contributed by atoms with van der Waals surface area (Å²) in [6.07, 6.45) is 3.19. The number of aryl methyl sites for hydroxylation is 1. The molecule has 0 radical (unpaired) electrons. The van der Waals surface area contributed by atoms with E-state index in [1.165, 1.54) is 0 Å². The summed E-state index contributed by atoms with van der Waals surface area (Å²) in [6.45, 7) is 2.58. The fourth-order valence-corrected chi connectivity index (χ4v) is 2.22. The van der Waals surface area contributed by atoms with Crippen molar-refractivity contribution in [3.8, 4) is 0 Å². The summed E-state index contributed by atoms with van der Waals surface area (Å²) in [5, 5.41) is 0. The molecule has 1 aromatic rings. The van der Waals surface area contributed by atoms with E-state index in [9.17, 15) is 4.39 Å². The first-order valence-corrected chi connectivity index (χ1v) is 6.04. The molecule has 1 saturated heterocycles. The zero-order valence-electron chi connectivity index (χ0n) is 10.1. The van der Waals surface area contributed by atoms with Crippen LogP contribution in [0.25, 0.3) is 0 Å². The minimum atomic E-state index is -0.185. The zero-order chi connectivity index (χ0) is 12.3. The van der Waals surface area contributed by atoms with Gasteiger partial charge >= 0.3 is 0 Å². The maximum Gasteiger partial charge on any atom is 0.126 e. The predicted octanol–water partition coefficient (Wildman–Crippen LogP) is 2.21. The van der Waals surface area contributed by atoms with Gasteiger partial charge < -0.3 is 4.74 Å². The molecular formula is C13H19FN2O. The monoisotopic (exact) mass is 238 g/mol. The van der Waals surface area contributed by atoms with E-state index in [-0.39, 0.29) is 18.0 Å². The van der Waals surface area contributed by atoms with Crippen LogP contribution < -0.4 is 11.3 Å². The quantitative estimate of drug-likeness (QED) is 0.624. The average molecular weight is 238 g/mol. The molecule has 2 unspecified atom stereocenters. The summed E-state index contributed by atoms with van der Waals surface area (Å²) >= 11 is 0. The fraction of sp³-hybridized carbons (Fsp3) is 0.538. The Labute approximate surface area is 101 Å². The molecule has 17 heavy (non-hydrogen) atoms. The standard InChI is InChI=1S/C13H19FN2O/c1-9-4-5-10(7-12(9)14)13(16-15)8-11-3-2-6-17-11/h4-5,7,11,13,16H,2-3,6,8,15H2,1H3. The van der Waals surface area contributed by atoms with Gasteiger partial charge in [-0.15, -0.1) is 0 Å². The van der Waals surface area contributed by atoms with Gasteiger partial charge in [-0.05, 0) is 43.4 Å². The first-order valence-electron chi connectivity index (χ1n) is 6.04. The van der Waals surface area contributed by atoms with Gasteiger partial charge in [0.1, 0.15) is 5.82 Å². The highest BCUT2D eigenvalue weighted by atomic mass is 19.1. The first-order chi connectivity index (χ1) is 8.20. The minimum absolute atomic E-state index is 0.0480. The largest absolute Gasteiger partial charge is 0.378 e. The Kier molecular flexibility index (Phi) is 4.10. The second-order valence-corrected chi connectivity index (χ2v) is 4.60. The number of ether oxygens (including phenoxy) is 1. The highest BCUT2D eigenvalue weighted by Crippen LogP contribution is 2.25. The molecule has 1 aliphatic heterocycles. The summed E-state index contributed by atoms with van der Waals surface area (Å²) in [5.74, 6) is 5.36. The smallest absolute Gasteiger partial charge is 0.126 e. The molecule has 3 N–H and O–H groups in total. The second-order valence-electron chi connectivity index (χ2n) is 4.60. The highest BCUT2D eigenvalue weighted by molar-refractivity contribution is 5.25. The van der Waals surface area contributed by atoms with Crippen molar-refractivity contribution < 1.29 is 9.13 Å². The van der Waals surface area contributed by atoms with Crippen molar-refractivity contribution in [2.45, 2.75) is 38.3 Å². The van der Waals surface area contributed by atoms with Gasteiger partial charge in [0.2, 0.25) is 0 Å². The number of benzene rings is 1. The van der Waals surface area contributed by atoms with E-state index in [1.54, 1.807) is 19.1 Å². The first kappa shape index (κ1) is 12.5. The molecule has 2 rings (SSSR count). The average Bonchev–Trinajstić information content (AvgIpc) is 2.82. The molecule has 94 valence electrons. The molecule has 0 aromatic heterocycles. The Bertz CT molecular complexity index is 378. The number of halogens is 1. The Balaban J connectivity index is 2.08. The molecule has 0 aliphatic carbocycles. The summed E-state index contributed by atoms with van der Waals surface area (Å²) in [7, 11) is 0. The number of nitrogens with two attached hydrogens (primary N) is 1. The minimum Gasteiger partial charge on any atom is -0.378 e. The van der Waals surface area contributed by atoms with E-state index in [0.29, 0.717) is 5.56 Å². The Morgan fingerprint density at radius 1 is 1.59 bits per heavy atom. The van der Waals surface area contributed by atoms with Crippen molar-refractivity contribution >= 4 is 0 Å². The van der Waals surface area contributed by atoms with E-state index in [1.807, 2.05) is 6.07 Å². The third kappa shape index (κ3) is 3.03. The summed E-state index contributed by atoms with van der Waals surface area (Å²) < 4.78 is 19.1. The maximum atomic E-state index is 13.5. The zero-order valence-corrected chi connectivity index (χ0v) is 10.1. The number of hydrogen-bond acceptors (Lipinski definition) is 3. The van der Waals surface area contributed by atoms with Crippen molar-refractivity contribution in [1.82, 2.24) is 5.43 Å². The van der Waals surface area contributed by atoms with E-state index in [0.717, 1.165) is 31.4 Å². The van der Waals surface area contributed by atoms with Crippen molar-refractivity contribution in [1.29, 1.82) is 0 Å². The Morgan fingerprint density at radius 3 is 3.00 bits per heavy atom. The van der Waals surface area contributed by atoms with E-state index >= 15 is 0 Å². The molecule has 4 heteroatoms. The van der Waals surface area contributed by atoms with Crippen LogP contribution >= 0.6 is 0 Å². The lowest BCUT2D eigenvalue weighted by Gasteiger charge is -2.20. The molecular weight excluding hydrogens is 219 g/mol. The molecule has 1 aliphatic rings. The summed E-state index contributed by atoms with van der Waals surface area (Å²) in [5.41, 5.74) is 4.28.